The fourth-order valence-corrected chi connectivity index (χ4v) is 4.10. The van der Waals surface area contributed by atoms with Gasteiger partial charge < -0.3 is 15.4 Å². The summed E-state index contributed by atoms with van der Waals surface area (Å²) in [5, 5.41) is 10.2. The minimum atomic E-state index is -0.221. The van der Waals surface area contributed by atoms with E-state index in [0.717, 1.165) is 28.8 Å². The lowest BCUT2D eigenvalue weighted by Gasteiger charge is -2.38. The molecule has 2 N–H and O–H groups in total. The van der Waals surface area contributed by atoms with Gasteiger partial charge in [-0.05, 0) is 19.9 Å². The van der Waals surface area contributed by atoms with Crippen molar-refractivity contribution in [2.45, 2.75) is 64.6 Å². The summed E-state index contributed by atoms with van der Waals surface area (Å²) in [5.74, 6) is 1.72. The van der Waals surface area contributed by atoms with E-state index in [1.165, 1.54) is 5.56 Å². The lowest BCUT2D eigenvalue weighted by Crippen LogP contribution is -2.45. The Hall–Kier alpha value is -1.35. The number of hydrogen-bond donors (Lipinski definition) is 2. The maximum Gasteiger partial charge on any atom is 0.191 e. The number of fused-ring (bicyclic) bond motifs is 1. The molecule has 0 radical (unpaired) electrons. The number of thiazole rings is 1. The van der Waals surface area contributed by atoms with E-state index < -0.39 is 0 Å². The molecule has 0 bridgehead atoms. The third kappa shape index (κ3) is 5.59. The van der Waals surface area contributed by atoms with Gasteiger partial charge in [-0.15, -0.1) is 35.3 Å². The molecule has 1 unspecified atom stereocenters. The van der Waals surface area contributed by atoms with Crippen LogP contribution < -0.4 is 15.4 Å². The fraction of sp³-hybridized carbons (Fsp3) is 0.524. The molecular weight excluding hydrogens is 483 g/mol. The van der Waals surface area contributed by atoms with Crippen LogP contribution in [0.2, 0.25) is 0 Å². The van der Waals surface area contributed by atoms with Gasteiger partial charge in [-0.3, -0.25) is 4.99 Å². The van der Waals surface area contributed by atoms with E-state index in [4.69, 9.17) is 9.72 Å². The molecule has 1 aliphatic heterocycles. The van der Waals surface area contributed by atoms with Crippen LogP contribution in [0, 0.1) is 0 Å². The summed E-state index contributed by atoms with van der Waals surface area (Å²) in [5.41, 5.74) is 2.07. The number of nitrogens with one attached hydrogen (secondary N) is 2. The first kappa shape index (κ1) is 22.9. The highest BCUT2D eigenvalue weighted by atomic mass is 127. The molecule has 0 spiro atoms. The lowest BCUT2D eigenvalue weighted by atomic mass is 9.90. The molecule has 2 heterocycles. The standard InChI is InChI=1S/C21H30N4OS.HI/c1-20(2,3)18-24-14(13-27-18)12-23-19(22-6)25-16-11-21(4,5)26-17-10-8-7-9-15(16)17;/h7-10,13,16H,11-12H2,1-6H3,(H2,22,23,25);1H. The summed E-state index contributed by atoms with van der Waals surface area (Å²) in [4.78, 5) is 9.15. The Morgan fingerprint density at radius 1 is 1.32 bits per heavy atom. The molecule has 154 valence electrons. The predicted molar refractivity (Wildman–Crippen MR) is 128 cm³/mol. The van der Waals surface area contributed by atoms with Crippen molar-refractivity contribution in [3.05, 3.63) is 45.9 Å². The molecule has 0 fully saturated rings. The van der Waals surface area contributed by atoms with Gasteiger partial charge in [-0.1, -0.05) is 39.0 Å². The normalized spacial score (nSPS) is 18.5. The number of para-hydroxylation sites is 1. The first-order valence-corrected chi connectivity index (χ1v) is 10.3. The molecule has 3 rings (SSSR count). The quantitative estimate of drug-likeness (QED) is 0.343. The van der Waals surface area contributed by atoms with Crippen molar-refractivity contribution in [2.75, 3.05) is 7.05 Å². The summed E-state index contributed by atoms with van der Waals surface area (Å²) in [6, 6.07) is 8.36. The fourth-order valence-electron chi connectivity index (χ4n) is 3.20. The Kier molecular flexibility index (Phi) is 7.36. The summed E-state index contributed by atoms with van der Waals surface area (Å²) in [7, 11) is 1.80. The van der Waals surface area contributed by atoms with Crippen molar-refractivity contribution >= 4 is 41.3 Å². The van der Waals surface area contributed by atoms with Crippen LogP contribution in [-0.2, 0) is 12.0 Å². The van der Waals surface area contributed by atoms with Crippen LogP contribution in [0.3, 0.4) is 0 Å². The van der Waals surface area contributed by atoms with E-state index in [1.54, 1.807) is 18.4 Å². The zero-order chi connectivity index (χ0) is 19.7. The SMILES string of the molecule is CN=C(NCc1csc(C(C)(C)C)n1)NC1CC(C)(C)Oc2ccccc21.I. The number of aromatic nitrogens is 1. The Morgan fingerprint density at radius 3 is 2.68 bits per heavy atom. The van der Waals surface area contributed by atoms with Crippen LogP contribution in [0.4, 0.5) is 0 Å². The van der Waals surface area contributed by atoms with Crippen LogP contribution in [0.15, 0.2) is 34.6 Å². The van der Waals surface area contributed by atoms with E-state index in [0.29, 0.717) is 6.54 Å². The molecule has 5 nitrogen and oxygen atoms in total. The van der Waals surface area contributed by atoms with Crippen molar-refractivity contribution in [3.63, 3.8) is 0 Å². The van der Waals surface area contributed by atoms with Gasteiger partial charge >= 0.3 is 0 Å². The Balaban J connectivity index is 0.00000280. The number of nitrogens with zero attached hydrogens (tertiary/aromatic N) is 2. The molecule has 0 amide bonds. The van der Waals surface area contributed by atoms with Gasteiger partial charge in [-0.25, -0.2) is 4.98 Å². The van der Waals surface area contributed by atoms with Gasteiger partial charge in [-0.2, -0.15) is 0 Å². The first-order chi connectivity index (χ1) is 12.7. The van der Waals surface area contributed by atoms with Crippen molar-refractivity contribution in [2.24, 2.45) is 4.99 Å². The lowest BCUT2D eigenvalue weighted by molar-refractivity contribution is 0.0694. The van der Waals surface area contributed by atoms with Crippen LogP contribution in [0.25, 0.3) is 0 Å². The van der Waals surface area contributed by atoms with E-state index in [2.05, 4.69) is 67.8 Å². The minimum Gasteiger partial charge on any atom is -0.487 e. The minimum absolute atomic E-state index is 0. The first-order valence-electron chi connectivity index (χ1n) is 9.38. The van der Waals surface area contributed by atoms with Crippen LogP contribution in [0.1, 0.15) is 63.3 Å². The van der Waals surface area contributed by atoms with Crippen LogP contribution in [-0.4, -0.2) is 23.6 Å². The van der Waals surface area contributed by atoms with Crippen molar-refractivity contribution < 1.29 is 4.74 Å². The maximum absolute atomic E-state index is 6.12. The second-order valence-corrected chi connectivity index (χ2v) is 9.48. The average molecular weight is 514 g/mol. The average Bonchev–Trinajstić information content (AvgIpc) is 3.06. The third-order valence-electron chi connectivity index (χ3n) is 4.54. The second-order valence-electron chi connectivity index (χ2n) is 8.62. The molecule has 1 aromatic carbocycles. The molecule has 0 aliphatic carbocycles. The molecule has 1 atom stereocenters. The Bertz CT molecular complexity index is 826. The van der Waals surface area contributed by atoms with Gasteiger partial charge in [0.1, 0.15) is 11.4 Å². The monoisotopic (exact) mass is 514 g/mol. The van der Waals surface area contributed by atoms with E-state index in [9.17, 15) is 0 Å². The molecular formula is C21H31IN4OS. The predicted octanol–water partition coefficient (Wildman–Crippen LogP) is 5.03. The highest BCUT2D eigenvalue weighted by Crippen LogP contribution is 2.39. The zero-order valence-corrected chi connectivity index (χ0v) is 20.6. The summed E-state index contributed by atoms with van der Waals surface area (Å²) < 4.78 is 6.12. The van der Waals surface area contributed by atoms with Crippen LogP contribution in [0.5, 0.6) is 5.75 Å². The number of rotatable bonds is 3. The number of ether oxygens (including phenoxy) is 1. The van der Waals surface area contributed by atoms with E-state index >= 15 is 0 Å². The van der Waals surface area contributed by atoms with E-state index in [1.807, 2.05) is 12.1 Å². The summed E-state index contributed by atoms with van der Waals surface area (Å²) in [6.45, 7) is 11.5. The van der Waals surface area contributed by atoms with Crippen molar-refractivity contribution in [3.8, 4) is 5.75 Å². The highest BCUT2D eigenvalue weighted by Gasteiger charge is 2.34. The number of halogens is 1. The van der Waals surface area contributed by atoms with Crippen molar-refractivity contribution in [1.82, 2.24) is 15.6 Å². The second kappa shape index (κ2) is 8.98. The molecule has 2 aromatic rings. The van der Waals surface area contributed by atoms with Gasteiger partial charge in [0.05, 0.1) is 23.3 Å². The molecule has 1 aliphatic rings. The Morgan fingerprint density at radius 2 is 2.04 bits per heavy atom. The summed E-state index contributed by atoms with van der Waals surface area (Å²) >= 11 is 1.71. The van der Waals surface area contributed by atoms with Crippen LogP contribution >= 0.6 is 35.3 Å². The maximum atomic E-state index is 6.12. The zero-order valence-electron chi connectivity index (χ0n) is 17.5. The molecule has 1 aromatic heterocycles. The molecule has 7 heteroatoms. The third-order valence-corrected chi connectivity index (χ3v) is 5.86. The number of guanidine groups is 1. The molecule has 0 saturated heterocycles. The largest absolute Gasteiger partial charge is 0.487 e. The van der Waals surface area contributed by atoms with Crippen molar-refractivity contribution in [1.29, 1.82) is 0 Å². The highest BCUT2D eigenvalue weighted by molar-refractivity contribution is 14.0. The van der Waals surface area contributed by atoms with E-state index in [-0.39, 0.29) is 41.0 Å². The number of benzene rings is 1. The summed E-state index contributed by atoms with van der Waals surface area (Å²) in [6.07, 6.45) is 0.871. The molecule has 28 heavy (non-hydrogen) atoms. The van der Waals surface area contributed by atoms with Gasteiger partial charge in [0.2, 0.25) is 0 Å². The smallest absolute Gasteiger partial charge is 0.191 e. The van der Waals surface area contributed by atoms with Gasteiger partial charge in [0, 0.05) is 29.8 Å². The topological polar surface area (TPSA) is 58.5 Å². The van der Waals surface area contributed by atoms with Gasteiger partial charge in [0.25, 0.3) is 0 Å². The number of aliphatic imine (C=N–C) groups is 1. The van der Waals surface area contributed by atoms with Gasteiger partial charge in [0.15, 0.2) is 5.96 Å². The number of hydrogen-bond acceptors (Lipinski definition) is 4. The molecule has 0 saturated carbocycles. The Labute approximate surface area is 189 Å².